The fourth-order valence-corrected chi connectivity index (χ4v) is 2.78. The first kappa shape index (κ1) is 15.6. The Kier molecular flexibility index (Phi) is 4.70. The fourth-order valence-electron chi connectivity index (χ4n) is 2.37. The lowest BCUT2D eigenvalue weighted by molar-refractivity contribution is -0.133. The molecule has 0 radical (unpaired) electrons. The molecule has 21 heavy (non-hydrogen) atoms. The zero-order valence-corrected chi connectivity index (χ0v) is 12.7. The van der Waals surface area contributed by atoms with E-state index in [1.807, 2.05) is 37.3 Å². The average molecular weight is 309 g/mol. The molecule has 0 saturated heterocycles. The van der Waals surface area contributed by atoms with E-state index in [2.05, 4.69) is 0 Å². The predicted molar refractivity (Wildman–Crippen MR) is 80.9 cm³/mol. The molecule has 4 nitrogen and oxygen atoms in total. The molecule has 2 rings (SSSR count). The summed E-state index contributed by atoms with van der Waals surface area (Å²) in [6.07, 6.45) is 1.69. The van der Waals surface area contributed by atoms with Crippen LogP contribution < -0.4 is 0 Å². The number of carboxylic acid groups (broad SMARTS) is 1. The van der Waals surface area contributed by atoms with Crippen molar-refractivity contribution < 1.29 is 19.4 Å². The maximum absolute atomic E-state index is 11.4. The van der Waals surface area contributed by atoms with E-state index in [0.29, 0.717) is 17.9 Å². The molecule has 112 valence electrons. The van der Waals surface area contributed by atoms with E-state index >= 15 is 0 Å². The van der Waals surface area contributed by atoms with Crippen LogP contribution in [-0.2, 0) is 14.3 Å². The summed E-state index contributed by atoms with van der Waals surface area (Å²) in [5.74, 6) is -0.753. The first-order valence-corrected chi connectivity index (χ1v) is 7.00. The number of aliphatic carboxylic acids is 1. The Bertz CT molecular complexity index is 592. The Morgan fingerprint density at radius 3 is 2.57 bits per heavy atom. The van der Waals surface area contributed by atoms with Gasteiger partial charge in [-0.15, -0.1) is 0 Å². The maximum atomic E-state index is 11.4. The lowest BCUT2D eigenvalue weighted by atomic mass is 9.89. The third kappa shape index (κ3) is 3.12. The molecule has 0 heterocycles. The summed E-state index contributed by atoms with van der Waals surface area (Å²) in [4.78, 5) is 11.4. The molecular weight excluding hydrogens is 292 g/mol. The predicted octanol–water partition coefficient (Wildman–Crippen LogP) is 3.43. The first-order valence-electron chi connectivity index (χ1n) is 6.62. The first-order chi connectivity index (χ1) is 10.0. The van der Waals surface area contributed by atoms with Crippen LogP contribution in [0.4, 0.5) is 0 Å². The number of allylic oxidation sites excluding steroid dienone is 1. The van der Waals surface area contributed by atoms with E-state index in [-0.39, 0.29) is 12.0 Å². The zero-order valence-electron chi connectivity index (χ0n) is 11.9. The standard InChI is InChI=1S/C16H17ClO4/c1-3-21-16(17)10-12(15(18)19)14(20-2)9-13(16)11-7-5-4-6-8-11/h4-9H,3,10H2,1-2H3,(H,18,19). The fraction of sp³-hybridized carbons (Fsp3) is 0.312. The van der Waals surface area contributed by atoms with Crippen molar-refractivity contribution in [2.75, 3.05) is 13.7 Å². The highest BCUT2D eigenvalue weighted by Gasteiger charge is 2.40. The van der Waals surface area contributed by atoms with Gasteiger partial charge in [-0.2, -0.15) is 0 Å². The Balaban J connectivity index is 2.57. The number of carbonyl (C=O) groups is 1. The Labute approximate surface area is 128 Å². The Morgan fingerprint density at radius 2 is 2.05 bits per heavy atom. The smallest absolute Gasteiger partial charge is 0.335 e. The molecule has 1 aliphatic carbocycles. The molecule has 0 bridgehead atoms. The highest BCUT2D eigenvalue weighted by molar-refractivity contribution is 6.30. The topological polar surface area (TPSA) is 55.8 Å². The summed E-state index contributed by atoms with van der Waals surface area (Å²) in [6.45, 7) is 2.20. The van der Waals surface area contributed by atoms with E-state index < -0.39 is 11.0 Å². The van der Waals surface area contributed by atoms with Crippen LogP contribution >= 0.6 is 11.6 Å². The van der Waals surface area contributed by atoms with Crippen LogP contribution in [0, 0.1) is 0 Å². The van der Waals surface area contributed by atoms with Crippen molar-refractivity contribution in [3.05, 3.63) is 53.3 Å². The van der Waals surface area contributed by atoms with Crippen LogP contribution in [0.15, 0.2) is 47.7 Å². The van der Waals surface area contributed by atoms with Crippen LogP contribution in [-0.4, -0.2) is 29.9 Å². The van der Waals surface area contributed by atoms with Crippen LogP contribution in [0.2, 0.25) is 0 Å². The number of hydrogen-bond acceptors (Lipinski definition) is 3. The molecule has 0 spiro atoms. The molecule has 0 saturated carbocycles. The second-order valence-electron chi connectivity index (χ2n) is 4.61. The van der Waals surface area contributed by atoms with Gasteiger partial charge < -0.3 is 14.6 Å². The van der Waals surface area contributed by atoms with Crippen LogP contribution in [0.1, 0.15) is 18.9 Å². The Morgan fingerprint density at radius 1 is 1.38 bits per heavy atom. The van der Waals surface area contributed by atoms with Crippen molar-refractivity contribution in [2.24, 2.45) is 0 Å². The van der Waals surface area contributed by atoms with Gasteiger partial charge in [-0.25, -0.2) is 4.79 Å². The highest BCUT2D eigenvalue weighted by Crippen LogP contribution is 2.44. The maximum Gasteiger partial charge on any atom is 0.335 e. The number of rotatable bonds is 5. The molecule has 1 aliphatic rings. The summed E-state index contributed by atoms with van der Waals surface area (Å²) < 4.78 is 10.9. The molecule has 1 aromatic carbocycles. The molecule has 1 unspecified atom stereocenters. The van der Waals surface area contributed by atoms with Gasteiger partial charge in [-0.3, -0.25) is 0 Å². The van der Waals surface area contributed by atoms with E-state index in [0.717, 1.165) is 5.56 Å². The second-order valence-corrected chi connectivity index (χ2v) is 5.22. The van der Waals surface area contributed by atoms with Gasteiger partial charge in [0.2, 0.25) is 0 Å². The van der Waals surface area contributed by atoms with Gasteiger partial charge in [0, 0.05) is 18.6 Å². The summed E-state index contributed by atoms with van der Waals surface area (Å²) in [7, 11) is 1.44. The second kappa shape index (κ2) is 6.33. The van der Waals surface area contributed by atoms with Gasteiger partial charge in [0.05, 0.1) is 12.7 Å². The van der Waals surface area contributed by atoms with Gasteiger partial charge in [0.1, 0.15) is 5.76 Å². The number of benzene rings is 1. The Hall–Kier alpha value is -1.78. The third-order valence-electron chi connectivity index (χ3n) is 3.32. The van der Waals surface area contributed by atoms with Crippen molar-refractivity contribution in [1.82, 2.24) is 0 Å². The molecule has 0 aromatic heterocycles. The minimum Gasteiger partial charge on any atom is -0.496 e. The number of hydrogen-bond donors (Lipinski definition) is 1. The van der Waals surface area contributed by atoms with Crippen LogP contribution in [0.25, 0.3) is 5.57 Å². The van der Waals surface area contributed by atoms with Crippen molar-refractivity contribution in [3.8, 4) is 0 Å². The number of ether oxygens (including phenoxy) is 2. The molecule has 0 fully saturated rings. The van der Waals surface area contributed by atoms with E-state index in [9.17, 15) is 9.90 Å². The van der Waals surface area contributed by atoms with Gasteiger partial charge in [-0.05, 0) is 18.6 Å². The van der Waals surface area contributed by atoms with Gasteiger partial charge in [-0.1, -0.05) is 41.9 Å². The lowest BCUT2D eigenvalue weighted by Gasteiger charge is -2.33. The average Bonchev–Trinajstić information content (AvgIpc) is 2.47. The van der Waals surface area contributed by atoms with E-state index in [1.165, 1.54) is 7.11 Å². The summed E-state index contributed by atoms with van der Waals surface area (Å²) in [6, 6.07) is 9.49. The van der Waals surface area contributed by atoms with Crippen LogP contribution in [0.5, 0.6) is 0 Å². The van der Waals surface area contributed by atoms with Crippen LogP contribution in [0.3, 0.4) is 0 Å². The van der Waals surface area contributed by atoms with Crippen molar-refractivity contribution in [1.29, 1.82) is 0 Å². The van der Waals surface area contributed by atoms with Crippen molar-refractivity contribution in [2.45, 2.75) is 18.4 Å². The normalized spacial score (nSPS) is 22.0. The molecule has 0 aliphatic heterocycles. The minimum atomic E-state index is -1.20. The largest absolute Gasteiger partial charge is 0.496 e. The summed E-state index contributed by atoms with van der Waals surface area (Å²) in [5.41, 5.74) is 1.69. The lowest BCUT2D eigenvalue weighted by Crippen LogP contribution is -2.33. The molecule has 0 amide bonds. The number of alkyl halides is 1. The van der Waals surface area contributed by atoms with Gasteiger partial charge >= 0.3 is 5.97 Å². The summed E-state index contributed by atoms with van der Waals surface area (Å²) in [5, 5.41) is 8.11. The number of methoxy groups -OCH3 is 1. The highest BCUT2D eigenvalue weighted by atomic mass is 35.5. The molecular formula is C16H17ClO4. The van der Waals surface area contributed by atoms with Crippen molar-refractivity contribution >= 4 is 23.1 Å². The molecule has 1 N–H and O–H groups in total. The quantitative estimate of drug-likeness (QED) is 0.847. The summed E-state index contributed by atoms with van der Waals surface area (Å²) >= 11 is 6.59. The SMILES string of the molecule is CCOC1(Cl)CC(C(=O)O)=C(OC)C=C1c1ccccc1. The molecule has 1 atom stereocenters. The number of carboxylic acids is 1. The van der Waals surface area contributed by atoms with Gasteiger partial charge in [0.25, 0.3) is 0 Å². The molecule has 5 heteroatoms. The van der Waals surface area contributed by atoms with Crippen molar-refractivity contribution in [3.63, 3.8) is 0 Å². The zero-order chi connectivity index (χ0) is 15.5. The molecule has 1 aromatic rings. The minimum absolute atomic E-state index is 0.0433. The van der Waals surface area contributed by atoms with E-state index in [1.54, 1.807) is 6.08 Å². The number of halogens is 1. The van der Waals surface area contributed by atoms with E-state index in [4.69, 9.17) is 21.1 Å². The monoisotopic (exact) mass is 308 g/mol. The van der Waals surface area contributed by atoms with Gasteiger partial charge in [0.15, 0.2) is 5.06 Å². The third-order valence-corrected chi connectivity index (χ3v) is 3.76.